The molecule has 1 N–H and O–H groups in total. The molecule has 0 atom stereocenters. The molecule has 0 aliphatic carbocycles. The first kappa shape index (κ1) is 13.4. The number of thiazole rings is 1. The smallest absolute Gasteiger partial charge is 0.315 e. The molecule has 1 rings (SSSR count). The Hall–Kier alpha value is -0.620. The Morgan fingerprint density at radius 2 is 1.81 bits per heavy atom. The highest BCUT2D eigenvalue weighted by Gasteiger charge is 2.37. The zero-order valence-electron chi connectivity index (χ0n) is 9.70. The van der Waals surface area contributed by atoms with E-state index in [4.69, 9.17) is 0 Å². The van der Waals surface area contributed by atoms with Gasteiger partial charge in [-0.25, -0.2) is 4.98 Å². The second-order valence-electron chi connectivity index (χ2n) is 4.57. The zero-order valence-corrected chi connectivity index (χ0v) is 10.5. The van der Waals surface area contributed by atoms with Crippen LogP contribution < -0.4 is 5.32 Å². The highest BCUT2D eigenvalue weighted by molar-refractivity contribution is 7.11. The predicted molar refractivity (Wildman–Crippen MR) is 58.6 cm³/mol. The Bertz CT molecular complexity index is 363. The molecule has 6 heteroatoms. The average molecular weight is 252 g/mol. The molecule has 2 nitrogen and oxygen atoms in total. The van der Waals surface area contributed by atoms with Crippen LogP contribution in [0.2, 0.25) is 0 Å². The number of nitrogens with one attached hydrogen (secondary N) is 1. The molecule has 0 aliphatic heterocycles. The quantitative estimate of drug-likeness (QED) is 0.874. The van der Waals surface area contributed by atoms with E-state index in [1.54, 1.807) is 7.05 Å². The van der Waals surface area contributed by atoms with Crippen LogP contribution in [0.25, 0.3) is 0 Å². The number of aromatic nitrogens is 1. The molecule has 0 saturated heterocycles. The van der Waals surface area contributed by atoms with Crippen LogP contribution in [-0.4, -0.2) is 12.0 Å². The van der Waals surface area contributed by atoms with E-state index in [9.17, 15) is 13.2 Å². The lowest BCUT2D eigenvalue weighted by Gasteiger charge is -2.17. The summed E-state index contributed by atoms with van der Waals surface area (Å²) < 4.78 is 37.6. The van der Waals surface area contributed by atoms with E-state index in [0.717, 1.165) is 11.3 Å². The molecule has 0 radical (unpaired) electrons. The summed E-state index contributed by atoms with van der Waals surface area (Å²) in [5.74, 6) is 0. The first-order chi connectivity index (χ1) is 7.16. The first-order valence-corrected chi connectivity index (χ1v) is 5.70. The monoisotopic (exact) mass is 252 g/mol. The lowest BCUT2D eigenvalue weighted by atomic mass is 9.91. The van der Waals surface area contributed by atoms with Crippen molar-refractivity contribution >= 4 is 11.3 Å². The Morgan fingerprint density at radius 1 is 1.25 bits per heavy atom. The average Bonchev–Trinajstić information content (AvgIpc) is 2.46. The van der Waals surface area contributed by atoms with Gasteiger partial charge in [-0.3, -0.25) is 0 Å². The van der Waals surface area contributed by atoms with Gasteiger partial charge in [-0.2, -0.15) is 13.2 Å². The molecule has 0 amide bonds. The SMILES string of the molecule is CNCc1sc(C(F)(F)F)nc1C(C)(C)C. The normalized spacial score (nSPS) is 13.2. The maximum Gasteiger partial charge on any atom is 0.443 e. The van der Waals surface area contributed by atoms with Crippen LogP contribution in [-0.2, 0) is 18.1 Å². The first-order valence-electron chi connectivity index (χ1n) is 4.88. The molecular weight excluding hydrogens is 237 g/mol. The molecule has 0 bridgehead atoms. The Kier molecular flexibility index (Phi) is 3.64. The molecule has 1 aromatic heterocycles. The van der Waals surface area contributed by atoms with E-state index in [2.05, 4.69) is 10.3 Å². The second-order valence-corrected chi connectivity index (χ2v) is 5.65. The van der Waals surface area contributed by atoms with Gasteiger partial charge >= 0.3 is 6.18 Å². The van der Waals surface area contributed by atoms with E-state index < -0.39 is 11.2 Å². The molecule has 1 aromatic rings. The van der Waals surface area contributed by atoms with Crippen molar-refractivity contribution < 1.29 is 13.2 Å². The van der Waals surface area contributed by atoms with Crippen molar-refractivity contribution in [1.29, 1.82) is 0 Å². The van der Waals surface area contributed by atoms with Crippen molar-refractivity contribution in [3.63, 3.8) is 0 Å². The Morgan fingerprint density at radius 3 is 2.19 bits per heavy atom. The standard InChI is InChI=1S/C10H15F3N2S/c1-9(2,3)7-6(5-14-4)16-8(15-7)10(11,12)13/h14H,5H2,1-4H3. The van der Waals surface area contributed by atoms with Gasteiger partial charge in [0.15, 0.2) is 5.01 Å². The van der Waals surface area contributed by atoms with E-state index in [1.165, 1.54) is 0 Å². The van der Waals surface area contributed by atoms with Gasteiger partial charge in [0.25, 0.3) is 0 Å². The van der Waals surface area contributed by atoms with Crippen LogP contribution in [0.15, 0.2) is 0 Å². The third kappa shape index (κ3) is 2.95. The zero-order chi connectivity index (χ0) is 12.6. The fourth-order valence-electron chi connectivity index (χ4n) is 1.34. The van der Waals surface area contributed by atoms with E-state index >= 15 is 0 Å². The lowest BCUT2D eigenvalue weighted by Crippen LogP contribution is -2.17. The maximum atomic E-state index is 12.5. The largest absolute Gasteiger partial charge is 0.443 e. The van der Waals surface area contributed by atoms with Gasteiger partial charge in [0.05, 0.1) is 5.69 Å². The minimum Gasteiger partial charge on any atom is -0.315 e. The van der Waals surface area contributed by atoms with Gasteiger partial charge in [-0.05, 0) is 7.05 Å². The molecule has 0 spiro atoms. The van der Waals surface area contributed by atoms with Crippen LogP contribution in [0.5, 0.6) is 0 Å². The molecule has 0 aromatic carbocycles. The Labute approximate surface area is 96.9 Å². The van der Waals surface area contributed by atoms with Crippen molar-refractivity contribution in [3.05, 3.63) is 15.6 Å². The third-order valence-corrected chi connectivity index (χ3v) is 3.09. The van der Waals surface area contributed by atoms with Crippen molar-refractivity contribution in [1.82, 2.24) is 10.3 Å². The van der Waals surface area contributed by atoms with Gasteiger partial charge in [0, 0.05) is 16.8 Å². The van der Waals surface area contributed by atoms with E-state index in [-0.39, 0.29) is 5.41 Å². The minimum absolute atomic E-state index is 0.369. The molecule has 0 aliphatic rings. The number of alkyl halides is 3. The number of rotatable bonds is 2. The van der Waals surface area contributed by atoms with Gasteiger partial charge in [0.1, 0.15) is 0 Å². The molecular formula is C10H15F3N2S. The van der Waals surface area contributed by atoms with Crippen molar-refractivity contribution in [2.24, 2.45) is 0 Å². The van der Waals surface area contributed by atoms with E-state index in [1.807, 2.05) is 20.8 Å². The van der Waals surface area contributed by atoms with E-state index in [0.29, 0.717) is 17.1 Å². The van der Waals surface area contributed by atoms with Crippen LogP contribution in [0, 0.1) is 0 Å². The summed E-state index contributed by atoms with van der Waals surface area (Å²) in [6, 6.07) is 0. The van der Waals surface area contributed by atoms with Gasteiger partial charge in [0.2, 0.25) is 0 Å². The van der Waals surface area contributed by atoms with Gasteiger partial charge in [-0.15, -0.1) is 11.3 Å². The van der Waals surface area contributed by atoms with Gasteiger partial charge in [-0.1, -0.05) is 20.8 Å². The summed E-state index contributed by atoms with van der Waals surface area (Å²) in [5.41, 5.74) is 0.158. The second kappa shape index (κ2) is 4.33. The molecule has 0 fully saturated rings. The topological polar surface area (TPSA) is 24.9 Å². The highest BCUT2D eigenvalue weighted by Crippen LogP contribution is 2.37. The van der Waals surface area contributed by atoms with Crippen molar-refractivity contribution in [2.45, 2.75) is 38.9 Å². The number of hydrogen-bond acceptors (Lipinski definition) is 3. The number of halogens is 3. The predicted octanol–water partition coefficient (Wildman–Crippen LogP) is 3.18. The summed E-state index contributed by atoms with van der Waals surface area (Å²) in [4.78, 5) is 4.38. The summed E-state index contributed by atoms with van der Waals surface area (Å²) >= 11 is 0.719. The number of hydrogen-bond donors (Lipinski definition) is 1. The van der Waals surface area contributed by atoms with Crippen LogP contribution >= 0.6 is 11.3 Å². The molecule has 0 unspecified atom stereocenters. The summed E-state index contributed by atoms with van der Waals surface area (Å²) in [7, 11) is 1.71. The summed E-state index contributed by atoms with van der Waals surface area (Å²) in [6.07, 6.45) is -4.35. The Balaban J connectivity index is 3.21. The fourth-order valence-corrected chi connectivity index (χ4v) is 2.49. The molecule has 1 heterocycles. The minimum atomic E-state index is -4.35. The number of nitrogens with zero attached hydrogens (tertiary/aromatic N) is 1. The van der Waals surface area contributed by atoms with Crippen molar-refractivity contribution in [3.8, 4) is 0 Å². The summed E-state index contributed by atoms with van der Waals surface area (Å²) in [5, 5.41) is 2.10. The van der Waals surface area contributed by atoms with Gasteiger partial charge < -0.3 is 5.32 Å². The molecule has 0 saturated carbocycles. The van der Waals surface area contributed by atoms with Crippen LogP contribution in [0.1, 0.15) is 36.3 Å². The highest BCUT2D eigenvalue weighted by atomic mass is 32.1. The lowest BCUT2D eigenvalue weighted by molar-refractivity contribution is -0.137. The maximum absolute atomic E-state index is 12.5. The van der Waals surface area contributed by atoms with Crippen LogP contribution in [0.3, 0.4) is 0 Å². The van der Waals surface area contributed by atoms with Crippen LogP contribution in [0.4, 0.5) is 13.2 Å². The fraction of sp³-hybridized carbons (Fsp3) is 0.700. The molecule has 16 heavy (non-hydrogen) atoms. The van der Waals surface area contributed by atoms with Crippen molar-refractivity contribution in [2.75, 3.05) is 7.05 Å². The summed E-state index contributed by atoms with van der Waals surface area (Å²) in [6.45, 7) is 6.00. The molecule has 92 valence electrons. The third-order valence-electron chi connectivity index (χ3n) is 1.99.